The van der Waals surface area contributed by atoms with Crippen LogP contribution in [-0.2, 0) is 0 Å². The molecule has 20 radical (unpaired) electrons. The molecule has 4 nitrogen and oxygen atoms in total. The van der Waals surface area contributed by atoms with Gasteiger partial charge in [-0.05, 0) is 45.5 Å². The van der Waals surface area contributed by atoms with Crippen molar-refractivity contribution in [1.29, 1.82) is 0 Å². The van der Waals surface area contributed by atoms with Crippen LogP contribution >= 0.6 is 0 Å². The van der Waals surface area contributed by atoms with Crippen molar-refractivity contribution in [3.8, 4) is 67.5 Å². The van der Waals surface area contributed by atoms with Crippen LogP contribution in [0.1, 0.15) is 0 Å². The Balaban J connectivity index is 1.24. The summed E-state index contributed by atoms with van der Waals surface area (Å²) in [5.74, 6) is 0.190. The molecule has 0 N–H and O–H groups in total. The Morgan fingerprint density at radius 3 is 1.07 bits per heavy atom. The summed E-state index contributed by atoms with van der Waals surface area (Å²) < 4.78 is 6.47. The van der Waals surface area contributed by atoms with Crippen molar-refractivity contribution in [3.63, 3.8) is 0 Å². The van der Waals surface area contributed by atoms with Gasteiger partial charge in [-0.1, -0.05) is 125 Å². The molecular formula is C45H19B10N3O. The first kappa shape index (κ1) is 38.5. The van der Waals surface area contributed by atoms with E-state index >= 15 is 0 Å². The Kier molecular flexibility index (Phi) is 9.78. The van der Waals surface area contributed by atoms with Crippen molar-refractivity contribution in [2.45, 2.75) is 0 Å². The lowest BCUT2D eigenvalue weighted by molar-refractivity contribution is 0.669. The van der Waals surface area contributed by atoms with E-state index in [9.17, 15) is 0 Å². The van der Waals surface area contributed by atoms with E-state index < -0.39 is 0 Å². The smallest absolute Gasteiger partial charge is 0.164 e. The van der Waals surface area contributed by atoms with Gasteiger partial charge in [0.15, 0.2) is 17.5 Å². The second-order valence-electron chi connectivity index (χ2n) is 14.2. The zero-order valence-corrected chi connectivity index (χ0v) is 31.5. The lowest BCUT2D eigenvalue weighted by atomic mass is 9.60. The minimum absolute atomic E-state index is 0.00332. The Bertz CT molecular complexity index is 3010. The van der Waals surface area contributed by atoms with E-state index in [0.717, 1.165) is 38.6 Å². The Morgan fingerprint density at radius 1 is 0.288 bits per heavy atom. The molecule has 7 aromatic carbocycles. The first-order valence-corrected chi connectivity index (χ1v) is 18.4. The molecule has 9 aromatic rings. The molecule has 0 aliphatic heterocycles. The average molecular weight is 726 g/mol. The third kappa shape index (κ3) is 6.45. The third-order valence-electron chi connectivity index (χ3n) is 10.8. The summed E-state index contributed by atoms with van der Waals surface area (Å²) in [6.07, 6.45) is 0. The van der Waals surface area contributed by atoms with Gasteiger partial charge < -0.3 is 4.42 Å². The van der Waals surface area contributed by atoms with Crippen molar-refractivity contribution in [2.24, 2.45) is 0 Å². The molecule has 2 aromatic heterocycles. The lowest BCUT2D eigenvalue weighted by Crippen LogP contribution is -2.55. The van der Waals surface area contributed by atoms with Gasteiger partial charge in [0, 0.05) is 27.5 Å². The van der Waals surface area contributed by atoms with Crippen LogP contribution in [0.2, 0.25) is 0 Å². The molecule has 59 heavy (non-hydrogen) atoms. The number of hydrogen-bond acceptors (Lipinski definition) is 4. The van der Waals surface area contributed by atoms with Crippen LogP contribution in [0.25, 0.3) is 89.5 Å². The number of hydrogen-bond donors (Lipinski definition) is 0. The van der Waals surface area contributed by atoms with Gasteiger partial charge in [0.25, 0.3) is 0 Å². The van der Waals surface area contributed by atoms with Crippen LogP contribution in [0.15, 0.2) is 120 Å². The van der Waals surface area contributed by atoms with Gasteiger partial charge in [-0.2, -0.15) is 0 Å². The van der Waals surface area contributed by atoms with Crippen LogP contribution < -0.4 is 54.6 Å². The molecule has 0 aliphatic carbocycles. The van der Waals surface area contributed by atoms with E-state index in [0.29, 0.717) is 16.7 Å². The summed E-state index contributed by atoms with van der Waals surface area (Å²) in [4.78, 5) is 14.6. The lowest BCUT2D eigenvalue weighted by Gasteiger charge is -2.22. The van der Waals surface area contributed by atoms with E-state index in [1.807, 2.05) is 54.6 Å². The van der Waals surface area contributed by atoms with Crippen LogP contribution in [0.5, 0.6) is 0 Å². The molecule has 0 bridgehead atoms. The molecule has 0 unspecified atom stereocenters. The fraction of sp³-hybridized carbons (Fsp3) is 0. The number of rotatable bonds is 6. The van der Waals surface area contributed by atoms with Crippen molar-refractivity contribution in [3.05, 3.63) is 115 Å². The van der Waals surface area contributed by atoms with Gasteiger partial charge in [-0.15, -0.1) is 32.8 Å². The second kappa shape index (κ2) is 15.0. The molecule has 0 saturated carbocycles. The minimum Gasteiger partial charge on any atom is -0.456 e. The van der Waals surface area contributed by atoms with Crippen molar-refractivity contribution >= 4 is 155 Å². The summed E-state index contributed by atoms with van der Waals surface area (Å²) in [7, 11) is 63.6. The molecule has 0 fully saturated rings. The molecular weight excluding hydrogens is 707 g/mol. The molecule has 14 heteroatoms. The van der Waals surface area contributed by atoms with Gasteiger partial charge >= 0.3 is 0 Å². The predicted molar refractivity (Wildman–Crippen MR) is 254 cm³/mol. The Labute approximate surface area is 355 Å². The zero-order valence-electron chi connectivity index (χ0n) is 31.5. The van der Waals surface area contributed by atoms with Crippen molar-refractivity contribution < 1.29 is 4.42 Å². The second-order valence-corrected chi connectivity index (χ2v) is 14.2. The van der Waals surface area contributed by atoms with Crippen molar-refractivity contribution in [1.82, 2.24) is 15.0 Å². The maximum Gasteiger partial charge on any atom is 0.164 e. The summed E-state index contributed by atoms with van der Waals surface area (Å²) >= 11 is 0. The highest BCUT2D eigenvalue weighted by molar-refractivity contribution is 6.70. The molecule has 0 saturated heterocycles. The van der Waals surface area contributed by atoms with E-state index in [-0.39, 0.29) is 83.2 Å². The molecule has 250 valence electrons. The Hall–Kier alpha value is -6.00. The molecule has 2 heterocycles. The fourth-order valence-electron chi connectivity index (χ4n) is 7.52. The highest BCUT2D eigenvalue weighted by Gasteiger charge is 2.23. The Morgan fingerprint density at radius 2 is 0.627 bits per heavy atom. The van der Waals surface area contributed by atoms with Crippen LogP contribution in [0.4, 0.5) is 0 Å². The summed E-state index contributed by atoms with van der Waals surface area (Å²) in [6.45, 7) is 0. The summed E-state index contributed by atoms with van der Waals surface area (Å²) in [6, 6.07) is 38.7. The van der Waals surface area contributed by atoms with Gasteiger partial charge in [-0.25, -0.2) is 15.0 Å². The third-order valence-corrected chi connectivity index (χ3v) is 10.8. The molecule has 9 rings (SSSR count). The standard InChI is InChI=1S/C45H19B10N3O/c46-33-31(34(47)38(51)41(54)37(33)50)44-56-43(57-45(58-44)32-35(48)39(52)42(55)40(53)36(32)49)26-9-5-11-28-30(26)29-25(8-4-10-27(29)59-28)24-18-16-23(17-19-24)22-14-12-21(13-15-22)20-6-2-1-3-7-20/h1-19H. The predicted octanol–water partition coefficient (Wildman–Crippen LogP) is -0.289. The van der Waals surface area contributed by atoms with Crippen molar-refractivity contribution in [2.75, 3.05) is 0 Å². The summed E-state index contributed by atoms with van der Waals surface area (Å²) in [5, 5.41) is 1.57. The largest absolute Gasteiger partial charge is 0.456 e. The van der Waals surface area contributed by atoms with Gasteiger partial charge in [0.1, 0.15) is 89.6 Å². The van der Waals surface area contributed by atoms with Gasteiger partial charge in [-0.3, -0.25) is 0 Å². The number of nitrogens with zero attached hydrogens (tertiary/aromatic N) is 3. The number of aromatic nitrogens is 3. The number of furan rings is 1. The highest BCUT2D eigenvalue weighted by atomic mass is 16.3. The molecule has 0 atom stereocenters. The normalized spacial score (nSPS) is 11.4. The van der Waals surface area contributed by atoms with Crippen LogP contribution in [0, 0.1) is 0 Å². The topological polar surface area (TPSA) is 51.8 Å². The first-order chi connectivity index (χ1) is 28.4. The van der Waals surface area contributed by atoms with E-state index in [2.05, 4.69) is 60.7 Å². The van der Waals surface area contributed by atoms with E-state index in [1.54, 1.807) is 0 Å². The minimum atomic E-state index is 0.00332. The SMILES string of the molecule is [B]c1c([B])c([B])c(-c2nc(-c3c([B])c([B])c([B])c([B])c3[B])nc(-c3cccc4oc5cccc(-c6ccc(-c7ccc(-c8ccccc8)cc7)cc6)c5c34)n2)c([B])c1[B]. The maximum atomic E-state index is 6.54. The van der Waals surface area contributed by atoms with Gasteiger partial charge in [0.05, 0.1) is 0 Å². The monoisotopic (exact) mass is 727 g/mol. The fourth-order valence-corrected chi connectivity index (χ4v) is 7.52. The average Bonchev–Trinajstić information content (AvgIpc) is 3.66. The maximum absolute atomic E-state index is 6.54. The first-order valence-electron chi connectivity index (χ1n) is 18.4. The molecule has 0 amide bonds. The highest BCUT2D eigenvalue weighted by Crippen LogP contribution is 2.41. The van der Waals surface area contributed by atoms with E-state index in [4.69, 9.17) is 97.8 Å². The van der Waals surface area contributed by atoms with Crippen LogP contribution in [0.3, 0.4) is 0 Å². The molecule has 0 aliphatic rings. The van der Waals surface area contributed by atoms with E-state index in [1.165, 1.54) is 5.56 Å². The number of fused-ring (bicyclic) bond motifs is 3. The summed E-state index contributed by atoms with van der Waals surface area (Å²) in [5.41, 5.74) is 8.63. The quantitative estimate of drug-likeness (QED) is 0.222. The number of benzene rings is 7. The van der Waals surface area contributed by atoms with Crippen LogP contribution in [-0.4, -0.2) is 93.4 Å². The van der Waals surface area contributed by atoms with Gasteiger partial charge in [0.2, 0.25) is 0 Å². The zero-order chi connectivity index (χ0) is 41.3. The molecule has 0 spiro atoms.